The molecule has 0 saturated heterocycles. The third kappa shape index (κ3) is 3.04. The van der Waals surface area contributed by atoms with Gasteiger partial charge < -0.3 is 15.6 Å². The number of aromatic hydroxyl groups is 1. The number of halogens is 1. The van der Waals surface area contributed by atoms with E-state index in [1.807, 2.05) is 0 Å². The van der Waals surface area contributed by atoms with Crippen LogP contribution in [0.2, 0.25) is 5.02 Å². The molecule has 2 aromatic rings. The van der Waals surface area contributed by atoms with Crippen molar-refractivity contribution >= 4 is 17.3 Å². The highest BCUT2D eigenvalue weighted by atomic mass is 35.5. The van der Waals surface area contributed by atoms with Gasteiger partial charge in [0.15, 0.2) is 0 Å². The Bertz CT molecular complexity index is 511. The number of ether oxygens (including phenoxy) is 1. The molecule has 4 heteroatoms. The van der Waals surface area contributed by atoms with Gasteiger partial charge in [0.2, 0.25) is 0 Å². The Hall–Kier alpha value is -1.87. The molecule has 0 radical (unpaired) electrons. The van der Waals surface area contributed by atoms with Crippen molar-refractivity contribution in [2.75, 3.05) is 5.73 Å². The summed E-state index contributed by atoms with van der Waals surface area (Å²) in [4.78, 5) is 0. The molecule has 0 atom stereocenters. The number of hydrogen-bond acceptors (Lipinski definition) is 3. The standard InChI is InChI=1S/C13H12ClNO2/c14-12-7-11(5-6-13(12)15)17-8-9-1-3-10(16)4-2-9/h1-7,16H,8,15H2. The van der Waals surface area contributed by atoms with Gasteiger partial charge in [0.25, 0.3) is 0 Å². The predicted molar refractivity (Wildman–Crippen MR) is 68.3 cm³/mol. The minimum atomic E-state index is 0.240. The first-order valence-corrected chi connectivity index (χ1v) is 5.48. The predicted octanol–water partition coefficient (Wildman–Crippen LogP) is 3.21. The first-order valence-electron chi connectivity index (χ1n) is 5.11. The smallest absolute Gasteiger partial charge is 0.121 e. The van der Waals surface area contributed by atoms with Crippen LogP contribution in [0.3, 0.4) is 0 Å². The fourth-order valence-electron chi connectivity index (χ4n) is 1.36. The fourth-order valence-corrected chi connectivity index (χ4v) is 1.53. The zero-order valence-corrected chi connectivity index (χ0v) is 9.82. The van der Waals surface area contributed by atoms with Crippen molar-refractivity contribution in [2.45, 2.75) is 6.61 Å². The molecule has 0 bridgehead atoms. The Morgan fingerprint density at radius 1 is 1.12 bits per heavy atom. The van der Waals surface area contributed by atoms with E-state index < -0.39 is 0 Å². The van der Waals surface area contributed by atoms with E-state index in [2.05, 4.69) is 0 Å². The number of benzene rings is 2. The van der Waals surface area contributed by atoms with Crippen molar-refractivity contribution in [1.82, 2.24) is 0 Å². The van der Waals surface area contributed by atoms with Crippen LogP contribution >= 0.6 is 11.6 Å². The number of nitrogens with two attached hydrogens (primary N) is 1. The largest absolute Gasteiger partial charge is 0.508 e. The van der Waals surface area contributed by atoms with Gasteiger partial charge in [0, 0.05) is 6.07 Å². The van der Waals surface area contributed by atoms with Crippen LogP contribution in [-0.2, 0) is 6.61 Å². The highest BCUT2D eigenvalue weighted by Crippen LogP contribution is 2.24. The van der Waals surface area contributed by atoms with E-state index in [1.165, 1.54) is 0 Å². The van der Waals surface area contributed by atoms with Crippen LogP contribution in [0.5, 0.6) is 11.5 Å². The fraction of sp³-hybridized carbons (Fsp3) is 0.0769. The molecule has 0 aliphatic heterocycles. The number of hydrogen-bond donors (Lipinski definition) is 2. The Labute approximate surface area is 104 Å². The van der Waals surface area contributed by atoms with Gasteiger partial charge in [0.05, 0.1) is 10.7 Å². The topological polar surface area (TPSA) is 55.5 Å². The van der Waals surface area contributed by atoms with Gasteiger partial charge in [-0.15, -0.1) is 0 Å². The summed E-state index contributed by atoms with van der Waals surface area (Å²) >= 11 is 5.88. The Kier molecular flexibility index (Phi) is 3.40. The number of phenols is 1. The molecule has 0 aliphatic carbocycles. The molecule has 0 fully saturated rings. The molecule has 0 aromatic heterocycles. The van der Waals surface area contributed by atoms with E-state index in [4.69, 9.17) is 27.2 Å². The minimum absolute atomic E-state index is 0.240. The molecular formula is C13H12ClNO2. The summed E-state index contributed by atoms with van der Waals surface area (Å²) in [6, 6.07) is 12.0. The average Bonchev–Trinajstić information content (AvgIpc) is 2.33. The molecule has 3 nitrogen and oxygen atoms in total. The highest BCUT2D eigenvalue weighted by Gasteiger charge is 2.00. The zero-order valence-electron chi connectivity index (χ0n) is 9.06. The summed E-state index contributed by atoms with van der Waals surface area (Å²) in [7, 11) is 0. The summed E-state index contributed by atoms with van der Waals surface area (Å²) in [5.74, 6) is 0.904. The lowest BCUT2D eigenvalue weighted by molar-refractivity contribution is 0.306. The van der Waals surface area contributed by atoms with Gasteiger partial charge in [-0.2, -0.15) is 0 Å². The number of anilines is 1. The summed E-state index contributed by atoms with van der Waals surface area (Å²) in [5, 5.41) is 9.62. The van der Waals surface area contributed by atoms with Crippen molar-refractivity contribution in [3.8, 4) is 11.5 Å². The van der Waals surface area contributed by atoms with Crippen molar-refractivity contribution in [2.24, 2.45) is 0 Å². The van der Waals surface area contributed by atoms with Crippen molar-refractivity contribution in [1.29, 1.82) is 0 Å². The summed E-state index contributed by atoms with van der Waals surface area (Å²) in [6.45, 7) is 0.417. The number of rotatable bonds is 3. The third-order valence-corrected chi connectivity index (χ3v) is 2.64. The molecule has 3 N–H and O–H groups in total. The van der Waals surface area contributed by atoms with E-state index in [0.29, 0.717) is 23.1 Å². The summed E-state index contributed by atoms with van der Waals surface area (Å²) < 4.78 is 5.55. The maximum absolute atomic E-state index is 9.14. The SMILES string of the molecule is Nc1ccc(OCc2ccc(O)cc2)cc1Cl. The molecule has 88 valence electrons. The molecule has 2 aromatic carbocycles. The summed E-state index contributed by atoms with van der Waals surface area (Å²) in [6.07, 6.45) is 0. The zero-order chi connectivity index (χ0) is 12.3. The molecule has 0 heterocycles. The first kappa shape index (κ1) is 11.6. The van der Waals surface area contributed by atoms with Crippen LogP contribution in [0.4, 0.5) is 5.69 Å². The monoisotopic (exact) mass is 249 g/mol. The van der Waals surface area contributed by atoms with Crippen LogP contribution in [0.15, 0.2) is 42.5 Å². The molecule has 0 saturated carbocycles. The molecule has 2 rings (SSSR count). The van der Waals surface area contributed by atoms with Crippen molar-refractivity contribution < 1.29 is 9.84 Å². The van der Waals surface area contributed by atoms with E-state index in [9.17, 15) is 0 Å². The lowest BCUT2D eigenvalue weighted by atomic mass is 10.2. The van der Waals surface area contributed by atoms with Crippen LogP contribution < -0.4 is 10.5 Å². The van der Waals surface area contributed by atoms with Crippen LogP contribution in [0, 0.1) is 0 Å². The van der Waals surface area contributed by atoms with Crippen LogP contribution in [-0.4, -0.2) is 5.11 Å². The van der Waals surface area contributed by atoms with Gasteiger partial charge in [-0.1, -0.05) is 23.7 Å². The average molecular weight is 250 g/mol. The first-order chi connectivity index (χ1) is 8.15. The molecule has 0 aliphatic rings. The quantitative estimate of drug-likeness (QED) is 0.822. The van der Waals surface area contributed by atoms with Gasteiger partial charge in [-0.25, -0.2) is 0 Å². The molecule has 0 amide bonds. The second-order valence-corrected chi connectivity index (χ2v) is 4.05. The van der Waals surface area contributed by atoms with Crippen LogP contribution in [0.25, 0.3) is 0 Å². The van der Waals surface area contributed by atoms with E-state index >= 15 is 0 Å². The Morgan fingerprint density at radius 2 is 1.82 bits per heavy atom. The maximum Gasteiger partial charge on any atom is 0.121 e. The van der Waals surface area contributed by atoms with E-state index in [0.717, 1.165) is 5.56 Å². The third-order valence-electron chi connectivity index (χ3n) is 2.31. The normalized spacial score (nSPS) is 10.2. The molecule has 17 heavy (non-hydrogen) atoms. The van der Waals surface area contributed by atoms with Crippen molar-refractivity contribution in [3.63, 3.8) is 0 Å². The Morgan fingerprint density at radius 3 is 2.47 bits per heavy atom. The van der Waals surface area contributed by atoms with Gasteiger partial charge in [0.1, 0.15) is 18.1 Å². The van der Waals surface area contributed by atoms with Crippen molar-refractivity contribution in [3.05, 3.63) is 53.1 Å². The minimum Gasteiger partial charge on any atom is -0.508 e. The molecular weight excluding hydrogens is 238 g/mol. The second-order valence-electron chi connectivity index (χ2n) is 3.64. The van der Waals surface area contributed by atoms with Crippen LogP contribution in [0.1, 0.15) is 5.56 Å². The lowest BCUT2D eigenvalue weighted by Crippen LogP contribution is -1.95. The molecule has 0 spiro atoms. The van der Waals surface area contributed by atoms with Gasteiger partial charge in [-0.3, -0.25) is 0 Å². The number of nitrogen functional groups attached to an aromatic ring is 1. The maximum atomic E-state index is 9.14. The van der Waals surface area contributed by atoms with E-state index in [1.54, 1.807) is 42.5 Å². The van der Waals surface area contributed by atoms with Gasteiger partial charge >= 0.3 is 0 Å². The summed E-state index contributed by atoms with van der Waals surface area (Å²) in [5.41, 5.74) is 7.10. The Balaban J connectivity index is 2.02. The second kappa shape index (κ2) is 4.97. The molecule has 0 unspecified atom stereocenters. The van der Waals surface area contributed by atoms with Gasteiger partial charge in [-0.05, 0) is 29.8 Å². The van der Waals surface area contributed by atoms with E-state index in [-0.39, 0.29) is 5.75 Å². The number of phenolic OH excluding ortho intramolecular Hbond substituents is 1. The highest BCUT2D eigenvalue weighted by molar-refractivity contribution is 6.33. The lowest BCUT2D eigenvalue weighted by Gasteiger charge is -2.07.